The molecule has 0 saturated heterocycles. The fraction of sp³-hybridized carbons (Fsp3) is 0.190. The zero-order valence-corrected chi connectivity index (χ0v) is 16.6. The molecule has 1 heterocycles. The third-order valence-corrected chi connectivity index (χ3v) is 4.10. The minimum atomic E-state index is -0.331. The molecule has 1 aromatic heterocycles. The highest BCUT2D eigenvalue weighted by molar-refractivity contribution is 6.02. The lowest BCUT2D eigenvalue weighted by Crippen LogP contribution is -2.14. The van der Waals surface area contributed by atoms with E-state index in [4.69, 9.17) is 14.2 Å². The van der Waals surface area contributed by atoms with Crippen LogP contribution in [0.2, 0.25) is 0 Å². The second kappa shape index (κ2) is 8.92. The third-order valence-electron chi connectivity index (χ3n) is 4.10. The van der Waals surface area contributed by atoms with Gasteiger partial charge in [0.2, 0.25) is 5.75 Å². The third kappa shape index (κ3) is 4.73. The van der Waals surface area contributed by atoms with E-state index >= 15 is 0 Å². The van der Waals surface area contributed by atoms with Crippen LogP contribution in [0.3, 0.4) is 0 Å². The Kier molecular flexibility index (Phi) is 6.13. The highest BCUT2D eigenvalue weighted by Gasteiger charge is 2.14. The summed E-state index contributed by atoms with van der Waals surface area (Å²) < 4.78 is 16.0. The summed E-state index contributed by atoms with van der Waals surface area (Å²) in [7, 11) is 4.63. The predicted molar refractivity (Wildman–Crippen MR) is 111 cm³/mol. The van der Waals surface area contributed by atoms with Crippen molar-refractivity contribution in [3.63, 3.8) is 0 Å². The number of ether oxygens (including phenoxy) is 3. The van der Waals surface area contributed by atoms with Crippen molar-refractivity contribution < 1.29 is 19.0 Å². The van der Waals surface area contributed by atoms with Crippen LogP contribution in [0, 0.1) is 6.92 Å². The monoisotopic (exact) mass is 394 g/mol. The molecule has 0 atom stereocenters. The van der Waals surface area contributed by atoms with E-state index in [1.54, 1.807) is 33.5 Å². The molecule has 0 fully saturated rings. The van der Waals surface area contributed by atoms with E-state index in [1.165, 1.54) is 12.4 Å². The molecule has 0 unspecified atom stereocenters. The Morgan fingerprint density at radius 1 is 0.897 bits per heavy atom. The van der Waals surface area contributed by atoms with Crippen molar-refractivity contribution in [2.75, 3.05) is 32.0 Å². The molecule has 0 aliphatic heterocycles. The van der Waals surface area contributed by atoms with Crippen LogP contribution in [0.1, 0.15) is 16.1 Å². The standard InChI is InChI=1S/C21H22N4O4/c1-13-6-5-7-14(8-13)25-21(26)16-11-23-19(12-22-16)24-15-9-17(27-2)20(29-4)18(10-15)28-3/h5-12H,1-4H3,(H,23,24)(H,25,26). The summed E-state index contributed by atoms with van der Waals surface area (Å²) in [5.41, 5.74) is 2.64. The van der Waals surface area contributed by atoms with Crippen molar-refractivity contribution in [2.45, 2.75) is 6.92 Å². The second-order valence-electron chi connectivity index (χ2n) is 6.15. The van der Waals surface area contributed by atoms with Crippen molar-refractivity contribution in [1.82, 2.24) is 9.97 Å². The molecule has 2 N–H and O–H groups in total. The van der Waals surface area contributed by atoms with Crippen molar-refractivity contribution in [1.29, 1.82) is 0 Å². The zero-order chi connectivity index (χ0) is 20.8. The Morgan fingerprint density at radius 2 is 1.62 bits per heavy atom. The van der Waals surface area contributed by atoms with Crippen LogP contribution in [0.4, 0.5) is 17.2 Å². The van der Waals surface area contributed by atoms with Gasteiger partial charge in [-0.1, -0.05) is 12.1 Å². The van der Waals surface area contributed by atoms with Gasteiger partial charge in [-0.2, -0.15) is 0 Å². The van der Waals surface area contributed by atoms with Crippen LogP contribution >= 0.6 is 0 Å². The fourth-order valence-corrected chi connectivity index (χ4v) is 2.73. The van der Waals surface area contributed by atoms with Gasteiger partial charge in [0, 0.05) is 23.5 Å². The van der Waals surface area contributed by atoms with E-state index in [0.717, 1.165) is 5.56 Å². The molecule has 0 aliphatic carbocycles. The normalized spacial score (nSPS) is 10.2. The minimum absolute atomic E-state index is 0.210. The first-order chi connectivity index (χ1) is 14.0. The first-order valence-electron chi connectivity index (χ1n) is 8.81. The maximum atomic E-state index is 12.4. The summed E-state index contributed by atoms with van der Waals surface area (Å²) in [4.78, 5) is 20.8. The Morgan fingerprint density at radius 3 is 2.17 bits per heavy atom. The molecule has 0 spiro atoms. The Labute approximate surface area is 168 Å². The lowest BCUT2D eigenvalue weighted by atomic mass is 10.2. The Balaban J connectivity index is 1.74. The van der Waals surface area contributed by atoms with Crippen LogP contribution in [0.25, 0.3) is 0 Å². The number of nitrogens with one attached hydrogen (secondary N) is 2. The number of amides is 1. The molecule has 2 aromatic carbocycles. The highest BCUT2D eigenvalue weighted by atomic mass is 16.5. The van der Waals surface area contributed by atoms with Gasteiger partial charge in [0.25, 0.3) is 5.91 Å². The van der Waals surface area contributed by atoms with E-state index in [1.807, 2.05) is 31.2 Å². The number of aromatic nitrogens is 2. The summed E-state index contributed by atoms with van der Waals surface area (Å²) in [5, 5.41) is 5.91. The number of methoxy groups -OCH3 is 3. The molecule has 3 rings (SSSR count). The summed E-state index contributed by atoms with van der Waals surface area (Å²) in [6.07, 6.45) is 2.89. The zero-order valence-electron chi connectivity index (χ0n) is 16.6. The molecule has 8 nitrogen and oxygen atoms in total. The predicted octanol–water partition coefficient (Wildman–Crippen LogP) is 3.81. The number of benzene rings is 2. The molecule has 3 aromatic rings. The summed E-state index contributed by atoms with van der Waals surface area (Å²) in [5.74, 6) is 1.65. The average Bonchev–Trinajstić information content (AvgIpc) is 2.73. The smallest absolute Gasteiger partial charge is 0.275 e. The maximum absolute atomic E-state index is 12.4. The van der Waals surface area contributed by atoms with Gasteiger partial charge in [-0.15, -0.1) is 0 Å². The average molecular weight is 394 g/mol. The van der Waals surface area contributed by atoms with Crippen LogP contribution in [-0.2, 0) is 0 Å². The lowest BCUT2D eigenvalue weighted by molar-refractivity contribution is 0.102. The van der Waals surface area contributed by atoms with Gasteiger partial charge in [0.15, 0.2) is 11.5 Å². The van der Waals surface area contributed by atoms with Gasteiger partial charge in [-0.3, -0.25) is 4.79 Å². The molecule has 150 valence electrons. The summed E-state index contributed by atoms with van der Waals surface area (Å²) >= 11 is 0. The molecule has 0 aliphatic rings. The summed E-state index contributed by atoms with van der Waals surface area (Å²) in [6.45, 7) is 1.96. The molecule has 0 bridgehead atoms. The molecule has 0 radical (unpaired) electrons. The number of carbonyl (C=O) groups excluding carboxylic acids is 1. The van der Waals surface area contributed by atoms with Crippen LogP contribution in [0.15, 0.2) is 48.8 Å². The van der Waals surface area contributed by atoms with E-state index in [-0.39, 0.29) is 11.6 Å². The van der Waals surface area contributed by atoms with Gasteiger partial charge < -0.3 is 24.8 Å². The molecule has 1 amide bonds. The lowest BCUT2D eigenvalue weighted by Gasteiger charge is -2.14. The van der Waals surface area contributed by atoms with E-state index in [9.17, 15) is 4.79 Å². The van der Waals surface area contributed by atoms with Crippen molar-refractivity contribution >= 4 is 23.1 Å². The Bertz CT molecular complexity index is 981. The van der Waals surface area contributed by atoms with E-state index < -0.39 is 0 Å². The number of aryl methyl sites for hydroxylation is 1. The number of anilines is 3. The van der Waals surface area contributed by atoms with E-state index in [2.05, 4.69) is 20.6 Å². The first-order valence-corrected chi connectivity index (χ1v) is 8.81. The Hall–Kier alpha value is -3.81. The van der Waals surface area contributed by atoms with Gasteiger partial charge >= 0.3 is 0 Å². The number of nitrogens with zero attached hydrogens (tertiary/aromatic N) is 2. The number of hydrogen-bond acceptors (Lipinski definition) is 7. The summed E-state index contributed by atoms with van der Waals surface area (Å²) in [6, 6.07) is 11.0. The van der Waals surface area contributed by atoms with Crippen LogP contribution < -0.4 is 24.8 Å². The van der Waals surface area contributed by atoms with Gasteiger partial charge in [-0.25, -0.2) is 9.97 Å². The minimum Gasteiger partial charge on any atom is -0.493 e. The van der Waals surface area contributed by atoms with Crippen molar-refractivity contribution in [3.05, 3.63) is 60.0 Å². The highest BCUT2D eigenvalue weighted by Crippen LogP contribution is 2.40. The number of carbonyl (C=O) groups is 1. The maximum Gasteiger partial charge on any atom is 0.275 e. The first kappa shape index (κ1) is 19.9. The molecule has 29 heavy (non-hydrogen) atoms. The molecular weight excluding hydrogens is 372 g/mol. The number of hydrogen-bond donors (Lipinski definition) is 2. The number of rotatable bonds is 7. The second-order valence-corrected chi connectivity index (χ2v) is 6.15. The topological polar surface area (TPSA) is 94.6 Å². The van der Waals surface area contributed by atoms with Crippen molar-refractivity contribution in [2.24, 2.45) is 0 Å². The van der Waals surface area contributed by atoms with E-state index in [0.29, 0.717) is 34.4 Å². The SMILES string of the molecule is COc1cc(Nc2cnc(C(=O)Nc3cccc(C)c3)cn2)cc(OC)c1OC. The quantitative estimate of drug-likeness (QED) is 0.629. The fourth-order valence-electron chi connectivity index (χ4n) is 2.73. The molecule has 8 heteroatoms. The van der Waals surface area contributed by atoms with Crippen LogP contribution in [0.5, 0.6) is 17.2 Å². The largest absolute Gasteiger partial charge is 0.493 e. The van der Waals surface area contributed by atoms with Crippen LogP contribution in [-0.4, -0.2) is 37.2 Å². The van der Waals surface area contributed by atoms with Gasteiger partial charge in [0.1, 0.15) is 11.5 Å². The molecule has 0 saturated carbocycles. The molecular formula is C21H22N4O4. The van der Waals surface area contributed by atoms with Gasteiger partial charge in [-0.05, 0) is 24.6 Å². The van der Waals surface area contributed by atoms with Crippen molar-refractivity contribution in [3.8, 4) is 17.2 Å². The van der Waals surface area contributed by atoms with Gasteiger partial charge in [0.05, 0.1) is 33.7 Å².